The van der Waals surface area contributed by atoms with E-state index in [1.54, 1.807) is 25.3 Å². The van der Waals surface area contributed by atoms with Gasteiger partial charge in [0.1, 0.15) is 25.3 Å². The van der Waals surface area contributed by atoms with Gasteiger partial charge in [0, 0.05) is 93.8 Å². The Morgan fingerprint density at radius 3 is 1.06 bits per heavy atom. The molecule has 0 amide bonds. The van der Waals surface area contributed by atoms with Gasteiger partial charge >= 0.3 is 0 Å². The van der Waals surface area contributed by atoms with Crippen molar-refractivity contribution in [2.75, 3.05) is 0 Å². The third-order valence-corrected chi connectivity index (χ3v) is 14.4. The van der Waals surface area contributed by atoms with Crippen LogP contribution in [0.2, 0.25) is 0 Å². The Balaban J connectivity index is 1.20. The molecule has 9 aromatic rings. The van der Waals surface area contributed by atoms with E-state index in [2.05, 4.69) is 165 Å². The molecule has 312 valence electrons. The van der Waals surface area contributed by atoms with E-state index < -0.39 is 0 Å². The lowest BCUT2D eigenvalue weighted by Gasteiger charge is -2.22. The Labute approximate surface area is 382 Å². The molecule has 0 spiro atoms. The zero-order valence-electron chi connectivity index (χ0n) is 36.7. The Morgan fingerprint density at radius 1 is 0.258 bits per heavy atom. The zero-order chi connectivity index (χ0) is 44.3. The smallest absolute Gasteiger partial charge is 0.115 e. The van der Waals surface area contributed by atoms with Gasteiger partial charge in [-0.2, -0.15) is 0 Å². The summed E-state index contributed by atoms with van der Waals surface area (Å²) in [6, 6.07) is 36.5. The van der Waals surface area contributed by atoms with Crippen molar-refractivity contribution in [2.24, 2.45) is 0 Å². The molecule has 8 nitrogen and oxygen atoms in total. The van der Waals surface area contributed by atoms with Gasteiger partial charge in [-0.25, -0.2) is 39.9 Å². The summed E-state index contributed by atoms with van der Waals surface area (Å²) in [5, 5.41) is 0. The Bertz CT molecular complexity index is 3610. The molecule has 4 aromatic heterocycles. The third kappa shape index (κ3) is 5.38. The molecule has 0 fully saturated rings. The first-order valence-corrected chi connectivity index (χ1v) is 22.2. The molecular formula is C58H40N8. The van der Waals surface area contributed by atoms with Crippen molar-refractivity contribution in [2.45, 2.75) is 38.5 Å². The lowest BCUT2D eigenvalue weighted by Crippen LogP contribution is -2.14. The molecule has 4 aliphatic rings. The molecule has 0 atom stereocenters. The number of rotatable bonds is 6. The number of allylic oxidation sites excluding steroid dienone is 5. The Morgan fingerprint density at radius 2 is 0.606 bits per heavy atom. The average Bonchev–Trinajstić information content (AvgIpc) is 4.03. The van der Waals surface area contributed by atoms with E-state index in [0.29, 0.717) is 0 Å². The van der Waals surface area contributed by atoms with E-state index in [0.717, 1.165) is 89.1 Å². The first-order chi connectivity index (χ1) is 32.3. The van der Waals surface area contributed by atoms with Gasteiger partial charge in [-0.15, -0.1) is 0 Å². The fraction of sp³-hybridized carbons (Fsp3) is 0.103. The standard InChI is InChI=1S/C58H40N8/c1-57(2)47-11-7-5-9-39(47)43-17-33(13-15-49(43)57)51-45-19-41(35-21-59-29-60-22-35)42(36-23-61-30-62-24-36)20-46(45)55-52(34-14-16-50-44(18-34)40-10-6-8-12-48(40)58(50,3)4)53(37-25-63-31-64-26-37)54(56(51)55)38-27-65-32-66-28-38/h5-32H,1-4H3. The normalized spacial score (nSPS) is 15.6. The van der Waals surface area contributed by atoms with Crippen molar-refractivity contribution in [3.8, 4) is 44.5 Å². The summed E-state index contributed by atoms with van der Waals surface area (Å²) in [6.45, 7) is 9.32. The van der Waals surface area contributed by atoms with Crippen LogP contribution in [0.15, 0.2) is 178 Å². The van der Waals surface area contributed by atoms with E-state index in [1.807, 2.05) is 49.6 Å². The fourth-order valence-corrected chi connectivity index (χ4v) is 11.4. The zero-order valence-corrected chi connectivity index (χ0v) is 36.7. The fourth-order valence-electron chi connectivity index (χ4n) is 11.4. The van der Waals surface area contributed by atoms with Gasteiger partial charge in [0.15, 0.2) is 0 Å². The van der Waals surface area contributed by atoms with E-state index >= 15 is 0 Å². The van der Waals surface area contributed by atoms with Crippen LogP contribution in [0.4, 0.5) is 0 Å². The number of aromatic nitrogens is 8. The van der Waals surface area contributed by atoms with E-state index in [-0.39, 0.29) is 10.8 Å². The highest BCUT2D eigenvalue weighted by Gasteiger charge is 2.43. The molecule has 5 aromatic carbocycles. The predicted molar refractivity (Wildman–Crippen MR) is 260 cm³/mol. The SMILES string of the molecule is CC1(C)c2ccccc2-c2cc(C3=C4C(=C(c5ccc6c(c5)-c5ccccc5C6(C)C)c5cc(-c6cncnc6)c(-c6cncnc6)cc54)C(c4cncnc4)=C3c3cncnc3)ccc21. The van der Waals surface area contributed by atoms with Gasteiger partial charge in [-0.3, -0.25) is 0 Å². The van der Waals surface area contributed by atoms with E-state index in [4.69, 9.17) is 0 Å². The molecule has 0 bridgehead atoms. The molecule has 0 saturated carbocycles. The second-order valence-corrected chi connectivity index (χ2v) is 18.6. The summed E-state index contributed by atoms with van der Waals surface area (Å²) in [5.74, 6) is 0. The van der Waals surface area contributed by atoms with Crippen molar-refractivity contribution in [3.63, 3.8) is 0 Å². The lowest BCUT2D eigenvalue weighted by atomic mass is 9.81. The van der Waals surface area contributed by atoms with Gasteiger partial charge in [-0.05, 0) is 124 Å². The number of fused-ring (bicyclic) bond motifs is 9. The summed E-state index contributed by atoms with van der Waals surface area (Å²) >= 11 is 0. The molecular weight excluding hydrogens is 809 g/mol. The van der Waals surface area contributed by atoms with Crippen LogP contribution in [0, 0.1) is 0 Å². The molecule has 0 N–H and O–H groups in total. The van der Waals surface area contributed by atoms with Crippen molar-refractivity contribution < 1.29 is 0 Å². The van der Waals surface area contributed by atoms with Crippen molar-refractivity contribution in [3.05, 3.63) is 233 Å². The molecule has 0 radical (unpaired) electrons. The molecule has 4 heterocycles. The van der Waals surface area contributed by atoms with Gasteiger partial charge in [0.05, 0.1) is 0 Å². The number of nitrogens with zero attached hydrogens (tertiary/aromatic N) is 8. The summed E-state index contributed by atoms with van der Waals surface area (Å²) in [7, 11) is 0. The summed E-state index contributed by atoms with van der Waals surface area (Å²) in [5.41, 5.74) is 26.5. The van der Waals surface area contributed by atoms with Crippen LogP contribution in [-0.2, 0) is 10.8 Å². The van der Waals surface area contributed by atoms with Crippen LogP contribution in [-0.4, -0.2) is 39.9 Å². The van der Waals surface area contributed by atoms with Crippen molar-refractivity contribution in [1.29, 1.82) is 0 Å². The van der Waals surface area contributed by atoms with Crippen LogP contribution in [0.25, 0.3) is 72.4 Å². The maximum Gasteiger partial charge on any atom is 0.115 e. The first-order valence-electron chi connectivity index (χ1n) is 22.2. The van der Waals surface area contributed by atoms with Crippen molar-refractivity contribution in [1.82, 2.24) is 39.9 Å². The number of benzene rings is 5. The van der Waals surface area contributed by atoms with Crippen LogP contribution < -0.4 is 0 Å². The largest absolute Gasteiger partial charge is 0.244 e. The minimum Gasteiger partial charge on any atom is -0.244 e. The summed E-state index contributed by atoms with van der Waals surface area (Å²) in [4.78, 5) is 36.6. The second kappa shape index (κ2) is 14.1. The minimum absolute atomic E-state index is 0.151. The highest BCUT2D eigenvalue weighted by Crippen LogP contribution is 2.63. The summed E-state index contributed by atoms with van der Waals surface area (Å²) in [6.07, 6.45) is 21.6. The Kier molecular flexibility index (Phi) is 8.13. The maximum atomic E-state index is 4.65. The van der Waals surface area contributed by atoms with E-state index in [1.165, 1.54) is 44.5 Å². The van der Waals surface area contributed by atoms with Crippen molar-refractivity contribution >= 4 is 27.9 Å². The van der Waals surface area contributed by atoms with Crippen LogP contribution in [0.1, 0.15) is 83.3 Å². The second-order valence-electron chi connectivity index (χ2n) is 18.6. The molecule has 4 aliphatic carbocycles. The van der Waals surface area contributed by atoms with Crippen LogP contribution >= 0.6 is 0 Å². The molecule has 8 heteroatoms. The Hall–Kier alpha value is -8.36. The first kappa shape index (κ1) is 38.1. The number of hydrogen-bond acceptors (Lipinski definition) is 8. The minimum atomic E-state index is -0.153. The van der Waals surface area contributed by atoms with Gasteiger partial charge in [-0.1, -0.05) is 100 Å². The van der Waals surface area contributed by atoms with Crippen LogP contribution in [0.3, 0.4) is 0 Å². The molecule has 0 saturated heterocycles. The van der Waals surface area contributed by atoms with Gasteiger partial charge < -0.3 is 0 Å². The number of hydrogen-bond donors (Lipinski definition) is 0. The third-order valence-electron chi connectivity index (χ3n) is 14.4. The lowest BCUT2D eigenvalue weighted by molar-refractivity contribution is 0.660. The topological polar surface area (TPSA) is 103 Å². The highest BCUT2D eigenvalue weighted by atomic mass is 14.8. The average molecular weight is 849 g/mol. The van der Waals surface area contributed by atoms with E-state index in [9.17, 15) is 0 Å². The predicted octanol–water partition coefficient (Wildman–Crippen LogP) is 12.1. The summed E-state index contributed by atoms with van der Waals surface area (Å²) < 4.78 is 0. The molecule has 0 aliphatic heterocycles. The van der Waals surface area contributed by atoms with Gasteiger partial charge in [0.25, 0.3) is 0 Å². The van der Waals surface area contributed by atoms with Gasteiger partial charge in [0.2, 0.25) is 0 Å². The monoisotopic (exact) mass is 848 g/mol. The molecule has 0 unspecified atom stereocenters. The van der Waals surface area contributed by atoms with Crippen LogP contribution in [0.5, 0.6) is 0 Å². The quantitative estimate of drug-likeness (QED) is 0.163. The molecule has 13 rings (SSSR count). The maximum absolute atomic E-state index is 4.65. The molecule has 66 heavy (non-hydrogen) atoms. The highest BCUT2D eigenvalue weighted by molar-refractivity contribution is 6.39.